The molecule has 1 aliphatic carbocycles. The van der Waals surface area contributed by atoms with E-state index in [1.54, 1.807) is 4.31 Å². The summed E-state index contributed by atoms with van der Waals surface area (Å²) in [6, 6.07) is 0. The van der Waals surface area contributed by atoms with Crippen molar-refractivity contribution in [1.82, 2.24) is 9.62 Å². The summed E-state index contributed by atoms with van der Waals surface area (Å²) in [6.45, 7) is 6.91. The Balaban J connectivity index is 1.92. The van der Waals surface area contributed by atoms with E-state index in [1.165, 1.54) is 25.7 Å². The van der Waals surface area contributed by atoms with Gasteiger partial charge in [0.1, 0.15) is 0 Å². The van der Waals surface area contributed by atoms with Gasteiger partial charge in [-0.1, -0.05) is 26.2 Å². The first kappa shape index (κ1) is 16.2. The predicted octanol–water partition coefficient (Wildman–Crippen LogP) is 2.22. The quantitative estimate of drug-likeness (QED) is 0.765. The molecular weight excluding hydrogens is 272 g/mol. The van der Waals surface area contributed by atoms with Crippen molar-refractivity contribution in [2.75, 3.05) is 26.2 Å². The zero-order valence-electron chi connectivity index (χ0n) is 13.0. The first-order chi connectivity index (χ1) is 9.55. The van der Waals surface area contributed by atoms with Crippen LogP contribution in [0.25, 0.3) is 0 Å². The van der Waals surface area contributed by atoms with Crippen molar-refractivity contribution in [3.05, 3.63) is 0 Å². The van der Waals surface area contributed by atoms with Gasteiger partial charge in [0.2, 0.25) is 10.0 Å². The maximum atomic E-state index is 12.6. The molecule has 1 heterocycles. The third-order valence-electron chi connectivity index (χ3n) is 4.98. The summed E-state index contributed by atoms with van der Waals surface area (Å²) in [4.78, 5) is 0. The molecule has 2 aliphatic rings. The Labute approximate surface area is 124 Å². The number of piperidine rings is 1. The molecule has 0 radical (unpaired) electrons. The van der Waals surface area contributed by atoms with Gasteiger partial charge in [0.05, 0.1) is 5.25 Å². The Bertz CT molecular complexity index is 397. The second kappa shape index (κ2) is 7.23. The van der Waals surface area contributed by atoms with E-state index < -0.39 is 10.0 Å². The molecule has 0 spiro atoms. The van der Waals surface area contributed by atoms with Gasteiger partial charge < -0.3 is 5.32 Å². The number of rotatable bonds is 6. The van der Waals surface area contributed by atoms with E-state index >= 15 is 0 Å². The van der Waals surface area contributed by atoms with Crippen molar-refractivity contribution in [2.24, 2.45) is 11.8 Å². The Hall–Kier alpha value is -0.130. The first-order valence-electron chi connectivity index (χ1n) is 8.25. The minimum atomic E-state index is -3.12. The van der Waals surface area contributed by atoms with Crippen molar-refractivity contribution in [3.63, 3.8) is 0 Å². The molecule has 118 valence electrons. The van der Waals surface area contributed by atoms with Gasteiger partial charge in [-0.3, -0.25) is 0 Å². The molecule has 2 fully saturated rings. The van der Waals surface area contributed by atoms with Crippen LogP contribution in [0.1, 0.15) is 52.4 Å². The summed E-state index contributed by atoms with van der Waals surface area (Å²) in [5.41, 5.74) is 0. The lowest BCUT2D eigenvalue weighted by Crippen LogP contribution is -2.49. The molecule has 3 unspecified atom stereocenters. The highest BCUT2D eigenvalue weighted by Gasteiger charge is 2.37. The van der Waals surface area contributed by atoms with Crippen LogP contribution >= 0.6 is 0 Å². The normalized spacial score (nSPS) is 29.9. The van der Waals surface area contributed by atoms with Gasteiger partial charge in [-0.15, -0.1) is 0 Å². The first-order valence-corrected chi connectivity index (χ1v) is 9.75. The maximum absolute atomic E-state index is 12.6. The molecule has 0 aromatic heterocycles. The number of nitrogens with zero attached hydrogens (tertiary/aromatic N) is 1. The SMILES string of the molecule is CCCNCC(C)S(=O)(=O)N1CCC2CCCCC2C1. The van der Waals surface area contributed by atoms with E-state index in [-0.39, 0.29) is 5.25 Å². The third-order valence-corrected chi connectivity index (χ3v) is 7.22. The van der Waals surface area contributed by atoms with Crippen LogP contribution in [-0.2, 0) is 10.0 Å². The second-order valence-electron chi connectivity index (χ2n) is 6.51. The molecule has 0 bridgehead atoms. The summed E-state index contributed by atoms with van der Waals surface area (Å²) >= 11 is 0. The van der Waals surface area contributed by atoms with Crippen LogP contribution in [0.15, 0.2) is 0 Å². The fourth-order valence-corrected chi connectivity index (χ4v) is 5.24. The molecule has 1 aliphatic heterocycles. The van der Waals surface area contributed by atoms with Crippen LogP contribution in [0.3, 0.4) is 0 Å². The van der Waals surface area contributed by atoms with Crippen molar-refractivity contribution in [3.8, 4) is 0 Å². The minimum absolute atomic E-state index is 0.311. The number of fused-ring (bicyclic) bond motifs is 1. The molecule has 1 saturated carbocycles. The van der Waals surface area contributed by atoms with Gasteiger partial charge in [0.15, 0.2) is 0 Å². The highest BCUT2D eigenvalue weighted by atomic mass is 32.2. The molecule has 20 heavy (non-hydrogen) atoms. The lowest BCUT2D eigenvalue weighted by Gasteiger charge is -2.41. The summed E-state index contributed by atoms with van der Waals surface area (Å²) < 4.78 is 27.1. The molecule has 1 N–H and O–H groups in total. The van der Waals surface area contributed by atoms with E-state index in [9.17, 15) is 8.42 Å². The van der Waals surface area contributed by atoms with Crippen molar-refractivity contribution in [1.29, 1.82) is 0 Å². The summed E-state index contributed by atoms with van der Waals surface area (Å²) in [6.07, 6.45) is 7.26. The van der Waals surface area contributed by atoms with E-state index in [0.717, 1.165) is 38.4 Å². The Morgan fingerprint density at radius 1 is 1.20 bits per heavy atom. The maximum Gasteiger partial charge on any atom is 0.217 e. The smallest absolute Gasteiger partial charge is 0.217 e. The van der Waals surface area contributed by atoms with Gasteiger partial charge in [0, 0.05) is 19.6 Å². The largest absolute Gasteiger partial charge is 0.315 e. The van der Waals surface area contributed by atoms with E-state index in [4.69, 9.17) is 0 Å². The van der Waals surface area contributed by atoms with Crippen LogP contribution in [0, 0.1) is 11.8 Å². The Morgan fingerprint density at radius 3 is 2.60 bits per heavy atom. The van der Waals surface area contributed by atoms with E-state index in [2.05, 4.69) is 12.2 Å². The number of nitrogens with one attached hydrogen (secondary N) is 1. The van der Waals surface area contributed by atoms with Gasteiger partial charge in [0.25, 0.3) is 0 Å². The lowest BCUT2D eigenvalue weighted by atomic mass is 9.76. The monoisotopic (exact) mass is 302 g/mol. The standard InChI is InChI=1S/C15H30N2O2S/c1-3-9-16-11-13(2)20(18,19)17-10-8-14-6-4-5-7-15(14)12-17/h13-16H,3-12H2,1-2H3. The highest BCUT2D eigenvalue weighted by Crippen LogP contribution is 2.37. The zero-order valence-corrected chi connectivity index (χ0v) is 13.8. The lowest BCUT2D eigenvalue weighted by molar-refractivity contribution is 0.136. The Kier molecular flexibility index (Phi) is 5.87. The molecule has 3 atom stereocenters. The van der Waals surface area contributed by atoms with Crippen LogP contribution in [-0.4, -0.2) is 44.2 Å². The topological polar surface area (TPSA) is 49.4 Å². The summed E-state index contributed by atoms with van der Waals surface area (Å²) in [7, 11) is -3.12. The highest BCUT2D eigenvalue weighted by molar-refractivity contribution is 7.89. The van der Waals surface area contributed by atoms with E-state index in [1.807, 2.05) is 6.92 Å². The van der Waals surface area contributed by atoms with Gasteiger partial charge >= 0.3 is 0 Å². The minimum Gasteiger partial charge on any atom is -0.315 e. The molecule has 5 heteroatoms. The molecule has 1 saturated heterocycles. The average molecular weight is 302 g/mol. The number of sulfonamides is 1. The fraction of sp³-hybridized carbons (Fsp3) is 1.00. The van der Waals surface area contributed by atoms with Gasteiger partial charge in [-0.2, -0.15) is 0 Å². The average Bonchev–Trinajstić information content (AvgIpc) is 2.46. The second-order valence-corrected chi connectivity index (χ2v) is 8.86. The summed E-state index contributed by atoms with van der Waals surface area (Å²) in [5.74, 6) is 1.40. The predicted molar refractivity (Wildman–Crippen MR) is 83.2 cm³/mol. The third kappa shape index (κ3) is 3.74. The fourth-order valence-electron chi connectivity index (χ4n) is 3.64. The molecule has 0 amide bonds. The van der Waals surface area contributed by atoms with Crippen molar-refractivity contribution < 1.29 is 8.42 Å². The van der Waals surface area contributed by atoms with Crippen LogP contribution in [0.4, 0.5) is 0 Å². The van der Waals surface area contributed by atoms with Crippen LogP contribution in [0.5, 0.6) is 0 Å². The number of hydrogen-bond donors (Lipinski definition) is 1. The van der Waals surface area contributed by atoms with Gasteiger partial charge in [-0.25, -0.2) is 12.7 Å². The van der Waals surface area contributed by atoms with Crippen molar-refractivity contribution >= 4 is 10.0 Å². The Morgan fingerprint density at radius 2 is 1.90 bits per heavy atom. The number of hydrogen-bond acceptors (Lipinski definition) is 3. The molecule has 2 rings (SSSR count). The molecule has 0 aromatic rings. The van der Waals surface area contributed by atoms with Crippen molar-refractivity contribution in [2.45, 2.75) is 57.6 Å². The van der Waals surface area contributed by atoms with Crippen LogP contribution < -0.4 is 5.32 Å². The zero-order chi connectivity index (χ0) is 14.6. The van der Waals surface area contributed by atoms with Crippen LogP contribution in [0.2, 0.25) is 0 Å². The molecule has 0 aromatic carbocycles. The molecule has 4 nitrogen and oxygen atoms in total. The van der Waals surface area contributed by atoms with Gasteiger partial charge in [-0.05, 0) is 44.6 Å². The summed E-state index contributed by atoms with van der Waals surface area (Å²) in [5, 5.41) is 2.92. The van der Waals surface area contributed by atoms with E-state index in [0.29, 0.717) is 12.5 Å². The molecular formula is C15H30N2O2S.